The third-order valence-corrected chi connectivity index (χ3v) is 3.28. The van der Waals surface area contributed by atoms with Crippen molar-refractivity contribution in [3.8, 4) is 11.3 Å². The summed E-state index contributed by atoms with van der Waals surface area (Å²) in [7, 11) is 1.89. The van der Waals surface area contributed by atoms with Crippen LogP contribution in [-0.4, -0.2) is 26.8 Å². The second kappa shape index (κ2) is 6.03. The number of rotatable bonds is 5. The van der Waals surface area contributed by atoms with Crippen LogP contribution < -0.4 is 5.32 Å². The third-order valence-electron chi connectivity index (χ3n) is 3.28. The molecule has 0 saturated heterocycles. The van der Waals surface area contributed by atoms with Gasteiger partial charge in [-0.2, -0.15) is 5.10 Å². The maximum absolute atomic E-state index is 4.72. The van der Waals surface area contributed by atoms with Gasteiger partial charge < -0.3 is 5.32 Å². The maximum Gasteiger partial charge on any atom is 0.133 e. The standard InChI is InChI=1S/C15H23N5/c1-6-7-20-9-12(8-17-20)13-11(4)15(16-5)19-14(18-13)10(2)3/h8-10H,6-7H2,1-5H3,(H,16,18,19). The fourth-order valence-electron chi connectivity index (χ4n) is 2.15. The molecule has 5 heteroatoms. The van der Waals surface area contributed by atoms with Crippen molar-refractivity contribution in [3.63, 3.8) is 0 Å². The molecule has 2 aromatic rings. The monoisotopic (exact) mass is 273 g/mol. The lowest BCUT2D eigenvalue weighted by atomic mass is 10.1. The fraction of sp³-hybridized carbons (Fsp3) is 0.533. The van der Waals surface area contributed by atoms with Gasteiger partial charge in [0.15, 0.2) is 0 Å². The zero-order chi connectivity index (χ0) is 14.7. The minimum absolute atomic E-state index is 0.298. The van der Waals surface area contributed by atoms with Crippen molar-refractivity contribution in [2.45, 2.75) is 46.6 Å². The summed E-state index contributed by atoms with van der Waals surface area (Å²) in [5.41, 5.74) is 3.08. The number of nitrogens with one attached hydrogen (secondary N) is 1. The zero-order valence-corrected chi connectivity index (χ0v) is 12.9. The Morgan fingerprint density at radius 1 is 1.30 bits per heavy atom. The van der Waals surface area contributed by atoms with Crippen LogP contribution in [0.4, 0.5) is 5.82 Å². The molecule has 108 valence electrons. The molecule has 0 atom stereocenters. The first-order valence-corrected chi connectivity index (χ1v) is 7.15. The van der Waals surface area contributed by atoms with Crippen LogP contribution in [-0.2, 0) is 6.54 Å². The molecule has 0 fully saturated rings. The summed E-state index contributed by atoms with van der Waals surface area (Å²) in [4.78, 5) is 9.29. The molecule has 0 amide bonds. The Hall–Kier alpha value is -1.91. The summed E-state index contributed by atoms with van der Waals surface area (Å²) in [6.07, 6.45) is 5.01. The van der Waals surface area contributed by atoms with Crippen LogP contribution in [0.2, 0.25) is 0 Å². The normalized spacial score (nSPS) is 11.1. The minimum atomic E-state index is 0.298. The second-order valence-corrected chi connectivity index (χ2v) is 5.30. The van der Waals surface area contributed by atoms with E-state index >= 15 is 0 Å². The highest BCUT2D eigenvalue weighted by molar-refractivity contribution is 5.67. The van der Waals surface area contributed by atoms with Crippen molar-refractivity contribution < 1.29 is 0 Å². The first-order chi connectivity index (χ1) is 9.56. The summed E-state index contributed by atoms with van der Waals surface area (Å²) in [5, 5.41) is 7.54. The predicted octanol–water partition coefficient (Wildman–Crippen LogP) is 3.22. The Labute approximate surface area is 120 Å². The van der Waals surface area contributed by atoms with Crippen LogP contribution >= 0.6 is 0 Å². The largest absolute Gasteiger partial charge is 0.373 e. The fourth-order valence-corrected chi connectivity index (χ4v) is 2.15. The Morgan fingerprint density at radius 3 is 2.65 bits per heavy atom. The van der Waals surface area contributed by atoms with Gasteiger partial charge in [0.1, 0.15) is 11.6 Å². The Morgan fingerprint density at radius 2 is 2.05 bits per heavy atom. The topological polar surface area (TPSA) is 55.6 Å². The number of nitrogens with zero attached hydrogens (tertiary/aromatic N) is 4. The first kappa shape index (κ1) is 14.5. The van der Waals surface area contributed by atoms with Crippen molar-refractivity contribution in [3.05, 3.63) is 23.8 Å². The summed E-state index contributed by atoms with van der Waals surface area (Å²) in [5.74, 6) is 2.05. The van der Waals surface area contributed by atoms with Crippen molar-refractivity contribution in [2.24, 2.45) is 0 Å². The number of aryl methyl sites for hydroxylation is 1. The quantitative estimate of drug-likeness (QED) is 0.908. The van der Waals surface area contributed by atoms with Gasteiger partial charge in [-0.15, -0.1) is 0 Å². The van der Waals surface area contributed by atoms with E-state index in [1.54, 1.807) is 0 Å². The van der Waals surface area contributed by atoms with E-state index in [-0.39, 0.29) is 0 Å². The summed E-state index contributed by atoms with van der Waals surface area (Å²) >= 11 is 0. The highest BCUT2D eigenvalue weighted by atomic mass is 15.3. The lowest BCUT2D eigenvalue weighted by Gasteiger charge is -2.12. The molecule has 0 radical (unpaired) electrons. The van der Waals surface area contributed by atoms with Gasteiger partial charge in [-0.25, -0.2) is 9.97 Å². The predicted molar refractivity (Wildman–Crippen MR) is 81.9 cm³/mol. The Balaban J connectivity index is 2.50. The molecule has 0 aliphatic carbocycles. The van der Waals surface area contributed by atoms with Crippen LogP contribution in [0, 0.1) is 6.92 Å². The maximum atomic E-state index is 4.72. The van der Waals surface area contributed by atoms with Gasteiger partial charge in [0, 0.05) is 36.8 Å². The molecule has 2 heterocycles. The SMILES string of the molecule is CCCn1cc(-c2nc(C(C)C)nc(NC)c2C)cn1. The average Bonchev–Trinajstić information content (AvgIpc) is 2.87. The minimum Gasteiger partial charge on any atom is -0.373 e. The molecule has 0 aliphatic heterocycles. The van der Waals surface area contributed by atoms with Crippen LogP contribution in [0.1, 0.15) is 44.5 Å². The van der Waals surface area contributed by atoms with E-state index in [0.29, 0.717) is 5.92 Å². The summed E-state index contributed by atoms with van der Waals surface area (Å²) in [6.45, 7) is 9.33. The lowest BCUT2D eigenvalue weighted by molar-refractivity contribution is 0.603. The molecule has 2 aromatic heterocycles. The summed E-state index contributed by atoms with van der Waals surface area (Å²) in [6, 6.07) is 0. The number of aromatic nitrogens is 4. The molecular formula is C15H23N5. The van der Waals surface area contributed by atoms with E-state index < -0.39 is 0 Å². The van der Waals surface area contributed by atoms with Gasteiger partial charge in [-0.1, -0.05) is 20.8 Å². The molecule has 5 nitrogen and oxygen atoms in total. The first-order valence-electron chi connectivity index (χ1n) is 7.15. The molecule has 0 saturated carbocycles. The van der Waals surface area contributed by atoms with E-state index in [2.05, 4.69) is 42.4 Å². The van der Waals surface area contributed by atoms with Crippen LogP contribution in [0.3, 0.4) is 0 Å². The number of hydrogen-bond donors (Lipinski definition) is 1. The van der Waals surface area contributed by atoms with Crippen molar-refractivity contribution in [1.29, 1.82) is 0 Å². The molecular weight excluding hydrogens is 250 g/mol. The van der Waals surface area contributed by atoms with Gasteiger partial charge in [-0.3, -0.25) is 4.68 Å². The van der Waals surface area contributed by atoms with Gasteiger partial charge in [0.05, 0.1) is 11.9 Å². The van der Waals surface area contributed by atoms with Crippen molar-refractivity contribution >= 4 is 5.82 Å². The molecule has 0 aliphatic rings. The molecule has 0 bridgehead atoms. The second-order valence-electron chi connectivity index (χ2n) is 5.30. The van der Waals surface area contributed by atoms with Gasteiger partial charge in [0.25, 0.3) is 0 Å². The molecule has 0 unspecified atom stereocenters. The van der Waals surface area contributed by atoms with Crippen LogP contribution in [0.25, 0.3) is 11.3 Å². The highest BCUT2D eigenvalue weighted by Gasteiger charge is 2.15. The molecule has 2 rings (SSSR count). The van der Waals surface area contributed by atoms with Crippen molar-refractivity contribution in [2.75, 3.05) is 12.4 Å². The average molecular weight is 273 g/mol. The molecule has 0 spiro atoms. The Bertz CT molecular complexity index is 586. The van der Waals surface area contributed by atoms with Crippen LogP contribution in [0.15, 0.2) is 12.4 Å². The van der Waals surface area contributed by atoms with Gasteiger partial charge >= 0.3 is 0 Å². The smallest absolute Gasteiger partial charge is 0.133 e. The number of anilines is 1. The van der Waals surface area contributed by atoms with E-state index in [0.717, 1.165) is 41.4 Å². The van der Waals surface area contributed by atoms with Gasteiger partial charge in [0.2, 0.25) is 0 Å². The van der Waals surface area contributed by atoms with E-state index in [1.165, 1.54) is 0 Å². The zero-order valence-electron chi connectivity index (χ0n) is 12.9. The van der Waals surface area contributed by atoms with E-state index in [1.807, 2.05) is 24.9 Å². The molecule has 20 heavy (non-hydrogen) atoms. The van der Waals surface area contributed by atoms with E-state index in [4.69, 9.17) is 4.98 Å². The van der Waals surface area contributed by atoms with Crippen molar-refractivity contribution in [1.82, 2.24) is 19.7 Å². The third kappa shape index (κ3) is 2.81. The molecule has 1 N–H and O–H groups in total. The molecule has 0 aromatic carbocycles. The summed E-state index contributed by atoms with van der Waals surface area (Å²) < 4.78 is 1.96. The van der Waals surface area contributed by atoms with E-state index in [9.17, 15) is 0 Å². The Kier molecular flexibility index (Phi) is 4.37. The van der Waals surface area contributed by atoms with Crippen LogP contribution in [0.5, 0.6) is 0 Å². The van der Waals surface area contributed by atoms with Gasteiger partial charge in [-0.05, 0) is 13.3 Å². The highest BCUT2D eigenvalue weighted by Crippen LogP contribution is 2.27. The lowest BCUT2D eigenvalue weighted by Crippen LogP contribution is -2.06. The number of hydrogen-bond acceptors (Lipinski definition) is 4.